The van der Waals surface area contributed by atoms with Gasteiger partial charge in [0.15, 0.2) is 0 Å². The zero-order valence-electron chi connectivity index (χ0n) is 21.8. The SMILES string of the molecule is CCOC(=O)CCNC(=O)C(c1c(C)cccc1C)N(CC)C(=O)C(CO)NC(=O)OC(C)(C)C. The molecule has 10 nitrogen and oxygen atoms in total. The third-order valence-electron chi connectivity index (χ3n) is 5.10. The molecule has 0 heterocycles. The molecular formula is C25H39N3O7. The fourth-order valence-electron chi connectivity index (χ4n) is 3.61. The van der Waals surface area contributed by atoms with Gasteiger partial charge in [-0.25, -0.2) is 4.79 Å². The molecule has 0 aliphatic rings. The molecule has 0 fully saturated rings. The second kappa shape index (κ2) is 13.7. The van der Waals surface area contributed by atoms with E-state index in [9.17, 15) is 24.3 Å². The number of likely N-dealkylation sites (N-methyl/N-ethyl adjacent to an activating group) is 1. The Labute approximate surface area is 207 Å². The number of aliphatic hydroxyl groups is 1. The minimum absolute atomic E-state index is 0.0153. The summed E-state index contributed by atoms with van der Waals surface area (Å²) in [5, 5.41) is 15.0. The van der Waals surface area contributed by atoms with Crippen molar-refractivity contribution in [1.82, 2.24) is 15.5 Å². The summed E-state index contributed by atoms with van der Waals surface area (Å²) in [6.07, 6.45) is -0.873. The number of carbonyl (C=O) groups is 4. The van der Waals surface area contributed by atoms with Crippen LogP contribution in [0.1, 0.15) is 63.8 Å². The Hall–Kier alpha value is -3.14. The minimum Gasteiger partial charge on any atom is -0.466 e. The van der Waals surface area contributed by atoms with Crippen molar-refractivity contribution in [1.29, 1.82) is 0 Å². The molecule has 35 heavy (non-hydrogen) atoms. The van der Waals surface area contributed by atoms with Crippen LogP contribution in [0.4, 0.5) is 4.79 Å². The molecule has 0 saturated heterocycles. The summed E-state index contributed by atoms with van der Waals surface area (Å²) >= 11 is 0. The lowest BCUT2D eigenvalue weighted by atomic mass is 9.93. The molecule has 0 spiro atoms. The molecule has 3 N–H and O–H groups in total. The van der Waals surface area contributed by atoms with Crippen molar-refractivity contribution in [2.75, 3.05) is 26.3 Å². The first-order valence-corrected chi connectivity index (χ1v) is 11.8. The van der Waals surface area contributed by atoms with Crippen LogP contribution >= 0.6 is 0 Å². The lowest BCUT2D eigenvalue weighted by Gasteiger charge is -2.34. The fraction of sp³-hybridized carbons (Fsp3) is 0.600. The van der Waals surface area contributed by atoms with Crippen LogP contribution in [0.5, 0.6) is 0 Å². The number of nitrogens with one attached hydrogen (secondary N) is 2. The summed E-state index contributed by atoms with van der Waals surface area (Å²) in [5.74, 6) is -1.58. The van der Waals surface area contributed by atoms with Crippen molar-refractivity contribution in [3.63, 3.8) is 0 Å². The van der Waals surface area contributed by atoms with Gasteiger partial charge in [-0.15, -0.1) is 0 Å². The standard InChI is InChI=1S/C25H39N3O7/c1-8-28(23(32)18(15-29)27-24(33)35-25(5,6)7)21(20-16(3)11-10-12-17(20)4)22(31)26-14-13-19(30)34-9-2/h10-12,18,21,29H,8-9,13-15H2,1-7H3,(H,26,31)(H,27,33). The molecule has 0 radical (unpaired) electrons. The highest BCUT2D eigenvalue weighted by Gasteiger charge is 2.36. The molecule has 0 bridgehead atoms. The van der Waals surface area contributed by atoms with Gasteiger partial charge in [0.05, 0.1) is 19.6 Å². The third-order valence-corrected chi connectivity index (χ3v) is 5.10. The van der Waals surface area contributed by atoms with E-state index < -0.39 is 48.2 Å². The summed E-state index contributed by atoms with van der Waals surface area (Å²) < 4.78 is 10.1. The molecule has 0 aliphatic heterocycles. The van der Waals surface area contributed by atoms with E-state index >= 15 is 0 Å². The zero-order chi connectivity index (χ0) is 26.8. The Kier molecular flexibility index (Phi) is 11.7. The van der Waals surface area contributed by atoms with E-state index in [1.165, 1.54) is 4.90 Å². The number of alkyl carbamates (subject to hydrolysis) is 1. The summed E-state index contributed by atoms with van der Waals surface area (Å²) in [4.78, 5) is 52.1. The second-order valence-corrected chi connectivity index (χ2v) is 9.06. The number of carbonyl (C=O) groups excluding carboxylic acids is 4. The highest BCUT2D eigenvalue weighted by Crippen LogP contribution is 2.28. The van der Waals surface area contributed by atoms with E-state index in [-0.39, 0.29) is 26.1 Å². The topological polar surface area (TPSA) is 134 Å². The average molecular weight is 494 g/mol. The molecule has 1 rings (SSSR count). The van der Waals surface area contributed by atoms with E-state index in [0.29, 0.717) is 5.56 Å². The summed E-state index contributed by atoms with van der Waals surface area (Å²) in [6, 6.07) is 3.15. The van der Waals surface area contributed by atoms with Gasteiger partial charge < -0.3 is 30.1 Å². The fourth-order valence-corrected chi connectivity index (χ4v) is 3.61. The number of benzene rings is 1. The van der Waals surface area contributed by atoms with Gasteiger partial charge in [-0.2, -0.15) is 0 Å². The number of nitrogens with zero attached hydrogens (tertiary/aromatic N) is 1. The van der Waals surface area contributed by atoms with Crippen LogP contribution in [0, 0.1) is 13.8 Å². The van der Waals surface area contributed by atoms with Gasteiger partial charge in [0.1, 0.15) is 17.7 Å². The van der Waals surface area contributed by atoms with Gasteiger partial charge in [-0.3, -0.25) is 14.4 Å². The van der Waals surface area contributed by atoms with Gasteiger partial charge in [0, 0.05) is 13.1 Å². The van der Waals surface area contributed by atoms with E-state index in [1.807, 2.05) is 32.0 Å². The van der Waals surface area contributed by atoms with Crippen LogP contribution in [-0.2, 0) is 23.9 Å². The molecule has 0 saturated carbocycles. The smallest absolute Gasteiger partial charge is 0.408 e. The van der Waals surface area contributed by atoms with Crippen molar-refractivity contribution < 1.29 is 33.8 Å². The Morgan fingerprint density at radius 2 is 1.69 bits per heavy atom. The zero-order valence-corrected chi connectivity index (χ0v) is 21.8. The Morgan fingerprint density at radius 3 is 2.17 bits per heavy atom. The van der Waals surface area contributed by atoms with Crippen LogP contribution in [0.15, 0.2) is 18.2 Å². The third kappa shape index (κ3) is 9.20. The quantitative estimate of drug-likeness (QED) is 0.402. The van der Waals surface area contributed by atoms with E-state index in [2.05, 4.69) is 10.6 Å². The van der Waals surface area contributed by atoms with Crippen LogP contribution in [-0.4, -0.2) is 71.8 Å². The first-order valence-electron chi connectivity index (χ1n) is 11.8. The Balaban J connectivity index is 3.27. The van der Waals surface area contributed by atoms with Crippen molar-refractivity contribution in [3.8, 4) is 0 Å². The molecule has 10 heteroatoms. The highest BCUT2D eigenvalue weighted by atomic mass is 16.6. The van der Waals surface area contributed by atoms with Gasteiger partial charge >= 0.3 is 12.1 Å². The lowest BCUT2D eigenvalue weighted by Crippen LogP contribution is -2.54. The highest BCUT2D eigenvalue weighted by molar-refractivity contribution is 5.92. The van der Waals surface area contributed by atoms with Gasteiger partial charge in [-0.05, 0) is 65.2 Å². The van der Waals surface area contributed by atoms with Crippen LogP contribution in [0.3, 0.4) is 0 Å². The van der Waals surface area contributed by atoms with Gasteiger partial charge in [-0.1, -0.05) is 18.2 Å². The molecule has 2 atom stereocenters. The van der Waals surface area contributed by atoms with Crippen LogP contribution < -0.4 is 10.6 Å². The van der Waals surface area contributed by atoms with Crippen molar-refractivity contribution >= 4 is 23.9 Å². The largest absolute Gasteiger partial charge is 0.466 e. The molecule has 1 aromatic rings. The maximum atomic E-state index is 13.5. The lowest BCUT2D eigenvalue weighted by molar-refractivity contribution is -0.144. The molecule has 3 amide bonds. The normalized spacial score (nSPS) is 12.8. The van der Waals surface area contributed by atoms with E-state index in [0.717, 1.165) is 11.1 Å². The van der Waals surface area contributed by atoms with Crippen molar-refractivity contribution in [3.05, 3.63) is 34.9 Å². The number of rotatable bonds is 11. The maximum absolute atomic E-state index is 13.5. The number of hydrogen-bond acceptors (Lipinski definition) is 7. The average Bonchev–Trinajstić information content (AvgIpc) is 2.75. The predicted octanol–water partition coefficient (Wildman–Crippen LogP) is 2.15. The molecular weight excluding hydrogens is 454 g/mol. The van der Waals surface area contributed by atoms with Gasteiger partial charge in [0.2, 0.25) is 11.8 Å². The molecule has 0 aromatic heterocycles. The molecule has 0 aliphatic carbocycles. The first kappa shape index (κ1) is 29.9. The predicted molar refractivity (Wildman–Crippen MR) is 131 cm³/mol. The van der Waals surface area contributed by atoms with E-state index in [1.54, 1.807) is 34.6 Å². The summed E-state index contributed by atoms with van der Waals surface area (Å²) in [7, 11) is 0. The molecule has 2 unspecified atom stereocenters. The maximum Gasteiger partial charge on any atom is 0.408 e. The number of aryl methyl sites for hydroxylation is 2. The molecule has 196 valence electrons. The van der Waals surface area contributed by atoms with Gasteiger partial charge in [0.25, 0.3) is 0 Å². The molecule has 1 aromatic carbocycles. The number of aliphatic hydroxyl groups excluding tert-OH is 1. The Morgan fingerprint density at radius 1 is 1.09 bits per heavy atom. The Bertz CT molecular complexity index is 875. The monoisotopic (exact) mass is 493 g/mol. The number of hydrogen-bond donors (Lipinski definition) is 3. The first-order chi connectivity index (χ1) is 16.4. The van der Waals surface area contributed by atoms with Crippen molar-refractivity contribution in [2.24, 2.45) is 0 Å². The van der Waals surface area contributed by atoms with Crippen LogP contribution in [0.2, 0.25) is 0 Å². The summed E-state index contributed by atoms with van der Waals surface area (Å²) in [5.41, 5.74) is 1.42. The van der Waals surface area contributed by atoms with Crippen LogP contribution in [0.25, 0.3) is 0 Å². The van der Waals surface area contributed by atoms with E-state index in [4.69, 9.17) is 9.47 Å². The minimum atomic E-state index is -1.32. The number of ether oxygens (including phenoxy) is 2. The van der Waals surface area contributed by atoms with Crippen molar-refractivity contribution in [2.45, 2.75) is 72.6 Å². The summed E-state index contributed by atoms with van der Waals surface area (Å²) in [6.45, 7) is 11.8. The number of amides is 3. The second-order valence-electron chi connectivity index (χ2n) is 9.06. The number of esters is 1.